The summed E-state index contributed by atoms with van der Waals surface area (Å²) >= 11 is 0. The summed E-state index contributed by atoms with van der Waals surface area (Å²) in [7, 11) is -3.77. The van der Waals surface area contributed by atoms with Crippen molar-refractivity contribution in [1.29, 1.82) is 0 Å². The molecular weight excluding hydrogens is 477 g/mol. The van der Waals surface area contributed by atoms with Gasteiger partial charge in [0.25, 0.3) is 8.32 Å². The number of allylic oxidation sites excluding steroid dienone is 2. The topological polar surface area (TPSA) is 35.5 Å². The summed E-state index contributed by atoms with van der Waals surface area (Å²) in [6, 6.07) is 22.6. The molecule has 3 atom stereocenters. The van der Waals surface area contributed by atoms with E-state index in [9.17, 15) is 4.79 Å². The van der Waals surface area contributed by atoms with Crippen molar-refractivity contribution in [2.24, 2.45) is 5.92 Å². The Kier molecular flexibility index (Phi) is 9.58. The van der Waals surface area contributed by atoms with Crippen LogP contribution < -0.4 is 10.4 Å². The van der Waals surface area contributed by atoms with E-state index in [1.165, 1.54) is 16.4 Å². The van der Waals surface area contributed by atoms with E-state index in [2.05, 4.69) is 120 Å². The molecule has 3 nitrogen and oxygen atoms in total. The Labute approximate surface area is 221 Å². The molecule has 0 amide bonds. The van der Waals surface area contributed by atoms with Crippen LogP contribution in [0.15, 0.2) is 72.8 Å². The monoisotopic (exact) mass is 522 g/mol. The van der Waals surface area contributed by atoms with Gasteiger partial charge >= 0.3 is 5.97 Å². The summed E-state index contributed by atoms with van der Waals surface area (Å²) in [5.41, 5.74) is 0. The molecular formula is C31H46O3Si2. The molecule has 0 bridgehead atoms. The van der Waals surface area contributed by atoms with Crippen LogP contribution in [0.1, 0.15) is 53.4 Å². The first-order valence-corrected chi connectivity index (χ1v) is 19.2. The van der Waals surface area contributed by atoms with E-state index >= 15 is 0 Å². The third-order valence-corrected chi connectivity index (χ3v) is 13.8. The molecule has 1 aliphatic heterocycles. The van der Waals surface area contributed by atoms with E-state index < -0.39 is 16.4 Å². The standard InChI is InChI=1S/C31H46O3Si2/c1-8-28(29-24-25(30(32)33-29)18-12-11-17-23-35(5,6)7)34-36(31(2,3)4,26-19-13-9-14-20-26)27-21-15-10-16-22-27/h9-11,13-17,19-22,25,28-29H,8,12,18,23-24H2,1-7H3/b17-11-/t25-,28-,29+/m0/s1. The number of esters is 1. The van der Waals surface area contributed by atoms with Crippen LogP contribution in [0.5, 0.6) is 0 Å². The predicted molar refractivity (Wildman–Crippen MR) is 157 cm³/mol. The quantitative estimate of drug-likeness (QED) is 0.182. The SMILES string of the molecule is CC[C@H](O[Si](c1ccccc1)(c1ccccc1)C(C)(C)C)[C@H]1C[C@H](CC/C=C\C[Si](C)(C)C)C(=O)O1. The van der Waals surface area contributed by atoms with Gasteiger partial charge in [0.2, 0.25) is 0 Å². The third-order valence-electron chi connectivity index (χ3n) is 7.26. The predicted octanol–water partition coefficient (Wildman–Crippen LogP) is 6.95. The molecule has 196 valence electrons. The Bertz CT molecular complexity index is 950. The molecule has 0 unspecified atom stereocenters. The maximum Gasteiger partial charge on any atom is 0.309 e. The van der Waals surface area contributed by atoms with Gasteiger partial charge in [-0.1, -0.05) is 120 Å². The lowest BCUT2D eigenvalue weighted by Gasteiger charge is -2.45. The normalized spacial score (nSPS) is 20.0. The van der Waals surface area contributed by atoms with Crippen LogP contribution in [0, 0.1) is 5.92 Å². The van der Waals surface area contributed by atoms with Gasteiger partial charge in [-0.25, -0.2) is 0 Å². The largest absolute Gasteiger partial charge is 0.459 e. The summed E-state index contributed by atoms with van der Waals surface area (Å²) in [6.45, 7) is 16.2. The zero-order valence-corrected chi connectivity index (χ0v) is 25.4. The first-order chi connectivity index (χ1) is 17.0. The van der Waals surface area contributed by atoms with Crippen molar-refractivity contribution >= 4 is 32.7 Å². The van der Waals surface area contributed by atoms with Gasteiger partial charge in [0.05, 0.1) is 12.0 Å². The van der Waals surface area contributed by atoms with Crippen LogP contribution >= 0.6 is 0 Å². The van der Waals surface area contributed by atoms with Gasteiger partial charge in [-0.2, -0.15) is 0 Å². The molecule has 0 N–H and O–H groups in total. The van der Waals surface area contributed by atoms with Gasteiger partial charge in [0.15, 0.2) is 0 Å². The molecule has 1 heterocycles. The average molecular weight is 523 g/mol. The van der Waals surface area contributed by atoms with Crippen LogP contribution in [0.25, 0.3) is 0 Å². The van der Waals surface area contributed by atoms with E-state index in [1.807, 2.05) is 0 Å². The molecule has 0 aromatic heterocycles. The second-order valence-electron chi connectivity index (χ2n) is 12.4. The first-order valence-electron chi connectivity index (χ1n) is 13.6. The summed E-state index contributed by atoms with van der Waals surface area (Å²) in [5.74, 6) is -0.0913. The van der Waals surface area contributed by atoms with Gasteiger partial charge in [-0.3, -0.25) is 4.79 Å². The van der Waals surface area contributed by atoms with Crippen molar-refractivity contribution in [1.82, 2.24) is 0 Å². The third kappa shape index (κ3) is 6.87. The van der Waals surface area contributed by atoms with E-state index in [0.717, 1.165) is 25.7 Å². The molecule has 0 radical (unpaired) electrons. The molecule has 1 aliphatic rings. The molecule has 2 aromatic rings. The lowest BCUT2D eigenvalue weighted by atomic mass is 9.96. The maximum atomic E-state index is 12.8. The van der Waals surface area contributed by atoms with Crippen LogP contribution in [0.3, 0.4) is 0 Å². The molecule has 5 heteroatoms. The number of hydrogen-bond acceptors (Lipinski definition) is 3. The fourth-order valence-electron chi connectivity index (χ4n) is 5.33. The molecule has 2 aromatic carbocycles. The fourth-order valence-corrected chi connectivity index (χ4v) is 11.0. The van der Waals surface area contributed by atoms with Gasteiger partial charge < -0.3 is 9.16 Å². The second kappa shape index (κ2) is 12.1. The van der Waals surface area contributed by atoms with Crippen molar-refractivity contribution in [3.8, 4) is 0 Å². The van der Waals surface area contributed by atoms with E-state index in [0.29, 0.717) is 0 Å². The lowest BCUT2D eigenvalue weighted by molar-refractivity contribution is -0.147. The minimum atomic E-state index is -2.70. The van der Waals surface area contributed by atoms with Crippen molar-refractivity contribution in [2.45, 2.75) is 96.3 Å². The smallest absolute Gasteiger partial charge is 0.309 e. The summed E-state index contributed by atoms with van der Waals surface area (Å²) in [4.78, 5) is 12.8. The lowest BCUT2D eigenvalue weighted by Crippen LogP contribution is -2.68. The zero-order valence-electron chi connectivity index (χ0n) is 23.4. The Balaban J connectivity index is 1.83. The van der Waals surface area contributed by atoms with Gasteiger partial charge in [-0.15, -0.1) is 0 Å². The van der Waals surface area contributed by atoms with Crippen molar-refractivity contribution < 1.29 is 14.0 Å². The second-order valence-corrected chi connectivity index (χ2v) is 22.2. The summed E-state index contributed by atoms with van der Waals surface area (Å²) in [5, 5.41) is 2.41. The molecule has 0 spiro atoms. The van der Waals surface area contributed by atoms with Crippen molar-refractivity contribution in [3.05, 3.63) is 72.8 Å². The highest BCUT2D eigenvalue weighted by Gasteiger charge is 2.53. The molecule has 1 saturated heterocycles. The minimum absolute atomic E-state index is 0.0386. The number of rotatable bonds is 11. The summed E-state index contributed by atoms with van der Waals surface area (Å²) in [6.07, 6.45) is 7.59. The van der Waals surface area contributed by atoms with Crippen LogP contribution in [-0.2, 0) is 14.0 Å². The number of benzene rings is 2. The van der Waals surface area contributed by atoms with Gasteiger partial charge in [-0.05, 0) is 40.7 Å². The molecule has 3 rings (SSSR count). The minimum Gasteiger partial charge on any atom is -0.459 e. The number of ether oxygens (including phenoxy) is 1. The van der Waals surface area contributed by atoms with Crippen LogP contribution in [0.2, 0.25) is 30.7 Å². The number of carbonyl (C=O) groups is 1. The number of hydrogen-bond donors (Lipinski definition) is 0. The van der Waals surface area contributed by atoms with E-state index in [4.69, 9.17) is 9.16 Å². The van der Waals surface area contributed by atoms with E-state index in [1.54, 1.807) is 0 Å². The highest BCUT2D eigenvalue weighted by Crippen LogP contribution is 2.40. The van der Waals surface area contributed by atoms with Crippen LogP contribution in [0.4, 0.5) is 0 Å². The Morgan fingerprint density at radius 2 is 1.53 bits per heavy atom. The highest BCUT2D eigenvalue weighted by molar-refractivity contribution is 6.99. The Hall–Kier alpha value is -1.96. The Morgan fingerprint density at radius 1 is 0.972 bits per heavy atom. The van der Waals surface area contributed by atoms with Gasteiger partial charge in [0.1, 0.15) is 6.10 Å². The number of carbonyl (C=O) groups excluding carboxylic acids is 1. The van der Waals surface area contributed by atoms with Crippen molar-refractivity contribution in [2.75, 3.05) is 0 Å². The molecule has 36 heavy (non-hydrogen) atoms. The number of cyclic esters (lactones) is 1. The van der Waals surface area contributed by atoms with Crippen molar-refractivity contribution in [3.63, 3.8) is 0 Å². The average Bonchev–Trinajstić information content (AvgIpc) is 3.19. The first kappa shape index (κ1) is 28.6. The van der Waals surface area contributed by atoms with Crippen LogP contribution in [-0.4, -0.2) is 34.6 Å². The van der Waals surface area contributed by atoms with E-state index in [-0.39, 0.29) is 29.1 Å². The summed E-state index contributed by atoms with van der Waals surface area (Å²) < 4.78 is 13.3. The fraction of sp³-hybridized carbons (Fsp3) is 0.516. The highest BCUT2D eigenvalue weighted by atomic mass is 28.4. The molecule has 0 aliphatic carbocycles. The molecule has 1 fully saturated rings. The Morgan fingerprint density at radius 3 is 2.00 bits per heavy atom. The maximum absolute atomic E-state index is 12.8. The zero-order chi connectivity index (χ0) is 26.4. The molecule has 0 saturated carbocycles. The van der Waals surface area contributed by atoms with Gasteiger partial charge in [0, 0.05) is 14.5 Å².